The molecule has 3 rings (SSSR count). The van der Waals surface area contributed by atoms with Crippen LogP contribution in [0.15, 0.2) is 48.5 Å². The molecule has 6 nitrogen and oxygen atoms in total. The van der Waals surface area contributed by atoms with Gasteiger partial charge in [0.05, 0.1) is 7.11 Å². The van der Waals surface area contributed by atoms with Gasteiger partial charge in [-0.1, -0.05) is 24.3 Å². The Morgan fingerprint density at radius 3 is 2.63 bits per heavy atom. The Kier molecular flexibility index (Phi) is 5.96. The number of piperidine rings is 1. The topological polar surface area (TPSA) is 84.7 Å². The summed E-state index contributed by atoms with van der Waals surface area (Å²) in [5, 5.41) is 2.96. The third-order valence-corrected chi connectivity index (χ3v) is 4.84. The lowest BCUT2D eigenvalue weighted by Gasteiger charge is -2.35. The Balaban J connectivity index is 1.75. The van der Waals surface area contributed by atoms with Gasteiger partial charge in [-0.05, 0) is 54.7 Å². The van der Waals surface area contributed by atoms with Crippen molar-refractivity contribution in [3.05, 3.63) is 48.5 Å². The first-order chi connectivity index (χ1) is 13.1. The minimum Gasteiger partial charge on any atom is -0.497 e. The van der Waals surface area contributed by atoms with Gasteiger partial charge in [-0.2, -0.15) is 0 Å². The maximum Gasteiger partial charge on any atom is 0.322 e. The molecule has 1 aliphatic rings. The first-order valence-electron chi connectivity index (χ1n) is 9.17. The van der Waals surface area contributed by atoms with Crippen molar-refractivity contribution in [2.45, 2.75) is 31.7 Å². The second-order valence-electron chi connectivity index (χ2n) is 6.76. The molecule has 2 aromatic carbocycles. The number of amides is 3. The van der Waals surface area contributed by atoms with Gasteiger partial charge in [0, 0.05) is 24.7 Å². The number of nitrogens with one attached hydrogen (secondary N) is 1. The minimum absolute atomic E-state index is 0.127. The number of anilines is 1. The highest BCUT2D eigenvalue weighted by atomic mass is 16.5. The van der Waals surface area contributed by atoms with E-state index in [0.29, 0.717) is 12.2 Å². The standard InChI is InChI=1S/C21H25N3O3/c1-27-19-10-5-7-16(13-19)15-6-4-8-17(12-15)23-21(26)24-11-3-2-9-18(24)14-20(22)25/h4-8,10,12-13,18H,2-3,9,11,14H2,1H3,(H2,22,25)(H,23,26)/t18-/m0/s1. The SMILES string of the molecule is COc1cccc(-c2cccc(NC(=O)N3CCCC[C@H]3CC(N)=O)c2)c1. The molecule has 2 aromatic rings. The molecule has 142 valence electrons. The number of carbonyl (C=O) groups excluding carboxylic acids is 2. The van der Waals surface area contributed by atoms with Gasteiger partial charge in [-0.25, -0.2) is 4.79 Å². The van der Waals surface area contributed by atoms with Crippen molar-refractivity contribution in [1.29, 1.82) is 0 Å². The Labute approximate surface area is 159 Å². The van der Waals surface area contributed by atoms with E-state index >= 15 is 0 Å². The number of ether oxygens (including phenoxy) is 1. The highest BCUT2D eigenvalue weighted by Crippen LogP contribution is 2.27. The van der Waals surface area contributed by atoms with E-state index in [4.69, 9.17) is 10.5 Å². The largest absolute Gasteiger partial charge is 0.497 e. The number of likely N-dealkylation sites (tertiary alicyclic amines) is 1. The Hall–Kier alpha value is -3.02. The molecule has 27 heavy (non-hydrogen) atoms. The van der Waals surface area contributed by atoms with E-state index in [1.54, 1.807) is 12.0 Å². The van der Waals surface area contributed by atoms with E-state index in [1.807, 2.05) is 48.5 Å². The zero-order valence-electron chi connectivity index (χ0n) is 15.5. The maximum atomic E-state index is 12.8. The molecule has 1 fully saturated rings. The predicted molar refractivity (Wildman–Crippen MR) is 106 cm³/mol. The number of primary amides is 1. The monoisotopic (exact) mass is 367 g/mol. The molecule has 0 aromatic heterocycles. The van der Waals surface area contributed by atoms with E-state index in [2.05, 4.69) is 5.32 Å². The highest BCUT2D eigenvalue weighted by Gasteiger charge is 2.27. The van der Waals surface area contributed by atoms with Crippen LogP contribution in [0.2, 0.25) is 0 Å². The summed E-state index contributed by atoms with van der Waals surface area (Å²) in [7, 11) is 1.64. The Morgan fingerprint density at radius 2 is 1.89 bits per heavy atom. The van der Waals surface area contributed by atoms with Crippen LogP contribution in [0.5, 0.6) is 5.75 Å². The number of carbonyl (C=O) groups is 2. The average molecular weight is 367 g/mol. The van der Waals surface area contributed by atoms with Crippen molar-refractivity contribution >= 4 is 17.6 Å². The van der Waals surface area contributed by atoms with Gasteiger partial charge in [0.1, 0.15) is 5.75 Å². The van der Waals surface area contributed by atoms with Crippen molar-refractivity contribution in [1.82, 2.24) is 4.90 Å². The molecule has 1 atom stereocenters. The molecule has 0 unspecified atom stereocenters. The molecule has 0 radical (unpaired) electrons. The van der Waals surface area contributed by atoms with Crippen molar-refractivity contribution in [3.63, 3.8) is 0 Å². The summed E-state index contributed by atoms with van der Waals surface area (Å²) >= 11 is 0. The van der Waals surface area contributed by atoms with Crippen LogP contribution in [-0.4, -0.2) is 36.5 Å². The lowest BCUT2D eigenvalue weighted by Crippen LogP contribution is -2.47. The first-order valence-corrected chi connectivity index (χ1v) is 9.17. The second kappa shape index (κ2) is 8.58. The molecule has 3 N–H and O–H groups in total. The van der Waals surface area contributed by atoms with Crippen LogP contribution in [0.25, 0.3) is 11.1 Å². The Morgan fingerprint density at radius 1 is 1.15 bits per heavy atom. The molecule has 3 amide bonds. The number of hydrogen-bond acceptors (Lipinski definition) is 3. The molecular weight excluding hydrogens is 342 g/mol. The van der Waals surface area contributed by atoms with Crippen LogP contribution >= 0.6 is 0 Å². The van der Waals surface area contributed by atoms with Crippen LogP contribution in [0.4, 0.5) is 10.5 Å². The quantitative estimate of drug-likeness (QED) is 0.846. The predicted octanol–water partition coefficient (Wildman–Crippen LogP) is 3.62. The van der Waals surface area contributed by atoms with Gasteiger partial charge in [0.15, 0.2) is 0 Å². The van der Waals surface area contributed by atoms with Gasteiger partial charge >= 0.3 is 6.03 Å². The fourth-order valence-electron chi connectivity index (χ4n) is 3.49. The van der Waals surface area contributed by atoms with E-state index in [0.717, 1.165) is 36.1 Å². The second-order valence-corrected chi connectivity index (χ2v) is 6.76. The number of rotatable bonds is 5. The molecule has 1 heterocycles. The van der Waals surface area contributed by atoms with E-state index in [-0.39, 0.29) is 24.4 Å². The summed E-state index contributed by atoms with van der Waals surface area (Å²) in [5.74, 6) is 0.407. The number of methoxy groups -OCH3 is 1. The van der Waals surface area contributed by atoms with Crippen molar-refractivity contribution in [2.24, 2.45) is 5.73 Å². The van der Waals surface area contributed by atoms with Crippen LogP contribution in [-0.2, 0) is 4.79 Å². The lowest BCUT2D eigenvalue weighted by molar-refractivity contribution is -0.119. The minimum atomic E-state index is -0.375. The first kappa shape index (κ1) is 18.8. The molecule has 0 bridgehead atoms. The number of nitrogens with two attached hydrogens (primary N) is 1. The summed E-state index contributed by atoms with van der Waals surface area (Å²) in [5.41, 5.74) is 8.04. The van der Waals surface area contributed by atoms with Crippen LogP contribution in [0.1, 0.15) is 25.7 Å². The van der Waals surface area contributed by atoms with Crippen molar-refractivity contribution in [2.75, 3.05) is 19.0 Å². The third-order valence-electron chi connectivity index (χ3n) is 4.84. The zero-order chi connectivity index (χ0) is 19.2. The summed E-state index contributed by atoms with van der Waals surface area (Å²) in [6.45, 7) is 0.638. The number of hydrogen-bond donors (Lipinski definition) is 2. The van der Waals surface area contributed by atoms with Gasteiger partial charge in [0.25, 0.3) is 0 Å². The summed E-state index contributed by atoms with van der Waals surface area (Å²) in [6, 6.07) is 15.1. The summed E-state index contributed by atoms with van der Waals surface area (Å²) in [4.78, 5) is 25.8. The molecule has 0 aliphatic carbocycles. The number of urea groups is 1. The lowest BCUT2D eigenvalue weighted by atomic mass is 9.99. The Bertz CT molecular complexity index is 822. The number of nitrogens with zero attached hydrogens (tertiary/aromatic N) is 1. The van der Waals surface area contributed by atoms with E-state index in [1.165, 1.54) is 0 Å². The van der Waals surface area contributed by atoms with Gasteiger partial charge < -0.3 is 20.7 Å². The normalized spacial score (nSPS) is 16.6. The zero-order valence-corrected chi connectivity index (χ0v) is 15.5. The number of benzene rings is 2. The molecular formula is C21H25N3O3. The smallest absolute Gasteiger partial charge is 0.322 e. The molecule has 0 spiro atoms. The third kappa shape index (κ3) is 4.78. The highest BCUT2D eigenvalue weighted by molar-refractivity contribution is 5.91. The van der Waals surface area contributed by atoms with Crippen LogP contribution < -0.4 is 15.8 Å². The molecule has 1 saturated heterocycles. The van der Waals surface area contributed by atoms with Gasteiger partial charge in [0.2, 0.25) is 5.91 Å². The average Bonchev–Trinajstić information content (AvgIpc) is 2.68. The van der Waals surface area contributed by atoms with Crippen molar-refractivity contribution in [3.8, 4) is 16.9 Å². The summed E-state index contributed by atoms with van der Waals surface area (Å²) < 4.78 is 5.28. The van der Waals surface area contributed by atoms with E-state index in [9.17, 15) is 9.59 Å². The molecule has 6 heteroatoms. The van der Waals surface area contributed by atoms with E-state index < -0.39 is 0 Å². The van der Waals surface area contributed by atoms with Crippen LogP contribution in [0, 0.1) is 0 Å². The van der Waals surface area contributed by atoms with Gasteiger partial charge in [-0.3, -0.25) is 4.79 Å². The van der Waals surface area contributed by atoms with Crippen molar-refractivity contribution < 1.29 is 14.3 Å². The molecule has 0 saturated carbocycles. The fourth-order valence-corrected chi connectivity index (χ4v) is 3.49. The summed E-state index contributed by atoms with van der Waals surface area (Å²) in [6.07, 6.45) is 2.96. The van der Waals surface area contributed by atoms with Gasteiger partial charge in [-0.15, -0.1) is 0 Å². The molecule has 1 aliphatic heterocycles. The van der Waals surface area contributed by atoms with Crippen LogP contribution in [0.3, 0.4) is 0 Å². The maximum absolute atomic E-state index is 12.8. The fraction of sp³-hybridized carbons (Fsp3) is 0.333.